The van der Waals surface area contributed by atoms with Gasteiger partial charge in [-0.05, 0) is 42.8 Å². The van der Waals surface area contributed by atoms with Gasteiger partial charge in [0.25, 0.3) is 5.91 Å². The van der Waals surface area contributed by atoms with Crippen molar-refractivity contribution in [2.45, 2.75) is 6.92 Å². The van der Waals surface area contributed by atoms with Gasteiger partial charge in [0.2, 0.25) is 0 Å². The fourth-order valence-corrected chi connectivity index (χ4v) is 2.02. The molecule has 0 saturated carbocycles. The van der Waals surface area contributed by atoms with E-state index < -0.39 is 0 Å². The van der Waals surface area contributed by atoms with Crippen LogP contribution in [-0.2, 0) is 0 Å². The van der Waals surface area contributed by atoms with Gasteiger partial charge in [-0.1, -0.05) is 22.0 Å². The highest BCUT2D eigenvalue weighted by atomic mass is 79.9. The van der Waals surface area contributed by atoms with E-state index in [1.807, 2.05) is 25.1 Å². The molecule has 0 fully saturated rings. The van der Waals surface area contributed by atoms with E-state index >= 15 is 0 Å². The molecule has 0 saturated heterocycles. The largest absolute Gasteiger partial charge is 0.508 e. The van der Waals surface area contributed by atoms with E-state index in [4.69, 9.17) is 5.73 Å². The Morgan fingerprint density at radius 2 is 2.00 bits per heavy atom. The first-order valence-corrected chi connectivity index (χ1v) is 6.42. The lowest BCUT2D eigenvalue weighted by atomic mass is 10.1. The van der Waals surface area contributed by atoms with Crippen LogP contribution in [0.25, 0.3) is 0 Å². The first-order chi connectivity index (χ1) is 8.97. The highest BCUT2D eigenvalue weighted by Gasteiger charge is 2.12. The summed E-state index contributed by atoms with van der Waals surface area (Å²) in [4.78, 5) is 12.1. The number of amides is 1. The van der Waals surface area contributed by atoms with Crippen LogP contribution in [0.15, 0.2) is 40.9 Å². The lowest BCUT2D eigenvalue weighted by molar-refractivity contribution is 0.102. The van der Waals surface area contributed by atoms with Crippen molar-refractivity contribution in [3.05, 3.63) is 52.0 Å². The summed E-state index contributed by atoms with van der Waals surface area (Å²) >= 11 is 3.35. The van der Waals surface area contributed by atoms with Crippen molar-refractivity contribution in [3.63, 3.8) is 0 Å². The molecule has 98 valence electrons. The van der Waals surface area contributed by atoms with Crippen molar-refractivity contribution < 1.29 is 9.90 Å². The molecule has 0 aliphatic carbocycles. The first kappa shape index (κ1) is 13.4. The third kappa shape index (κ3) is 3.06. The normalized spacial score (nSPS) is 10.2. The highest BCUT2D eigenvalue weighted by molar-refractivity contribution is 9.10. The summed E-state index contributed by atoms with van der Waals surface area (Å²) in [5.74, 6) is -0.347. The molecule has 0 heterocycles. The number of aromatic hydroxyl groups is 1. The van der Waals surface area contributed by atoms with Gasteiger partial charge in [-0.2, -0.15) is 0 Å². The average molecular weight is 321 g/mol. The zero-order valence-electron chi connectivity index (χ0n) is 10.3. The predicted octanol–water partition coefficient (Wildman–Crippen LogP) is 3.30. The quantitative estimate of drug-likeness (QED) is 0.587. The van der Waals surface area contributed by atoms with Crippen LogP contribution in [0.5, 0.6) is 5.75 Å². The van der Waals surface area contributed by atoms with E-state index in [0.717, 1.165) is 10.0 Å². The number of hydrogen-bond donors (Lipinski definition) is 3. The standard InChI is InChI=1S/C14H13BrN2O2/c1-8-2-3-9(15)6-13(8)17-14(19)11-7-10(18)4-5-12(11)16/h2-7,18H,16H2,1H3,(H,17,19). The summed E-state index contributed by atoms with van der Waals surface area (Å²) < 4.78 is 0.872. The molecule has 0 aromatic heterocycles. The van der Waals surface area contributed by atoms with E-state index in [-0.39, 0.29) is 17.2 Å². The third-order valence-electron chi connectivity index (χ3n) is 2.73. The van der Waals surface area contributed by atoms with E-state index in [9.17, 15) is 9.90 Å². The number of hydrogen-bond acceptors (Lipinski definition) is 3. The van der Waals surface area contributed by atoms with Crippen LogP contribution in [0.4, 0.5) is 11.4 Å². The van der Waals surface area contributed by atoms with Crippen molar-refractivity contribution in [1.29, 1.82) is 0 Å². The van der Waals surface area contributed by atoms with Crippen LogP contribution in [-0.4, -0.2) is 11.0 Å². The minimum absolute atomic E-state index is 0.00492. The molecule has 4 nitrogen and oxygen atoms in total. The topological polar surface area (TPSA) is 75.3 Å². The molecule has 0 unspecified atom stereocenters. The monoisotopic (exact) mass is 320 g/mol. The van der Waals surface area contributed by atoms with Crippen LogP contribution in [0, 0.1) is 6.92 Å². The van der Waals surface area contributed by atoms with Gasteiger partial charge in [0.05, 0.1) is 5.56 Å². The maximum atomic E-state index is 12.1. The molecule has 19 heavy (non-hydrogen) atoms. The summed E-state index contributed by atoms with van der Waals surface area (Å²) in [6.45, 7) is 1.90. The van der Waals surface area contributed by atoms with Gasteiger partial charge in [0.1, 0.15) is 5.75 Å². The summed E-state index contributed by atoms with van der Waals surface area (Å²) in [5.41, 5.74) is 7.94. The van der Waals surface area contributed by atoms with Gasteiger partial charge < -0.3 is 16.2 Å². The minimum Gasteiger partial charge on any atom is -0.508 e. The lowest BCUT2D eigenvalue weighted by Crippen LogP contribution is -2.14. The number of anilines is 2. The number of phenols is 1. The first-order valence-electron chi connectivity index (χ1n) is 5.63. The van der Waals surface area contributed by atoms with Crippen LogP contribution in [0.3, 0.4) is 0 Å². The Labute approximate surface area is 119 Å². The Kier molecular flexibility index (Phi) is 3.76. The zero-order valence-corrected chi connectivity index (χ0v) is 11.9. The second-order valence-corrected chi connectivity index (χ2v) is 5.10. The second-order valence-electron chi connectivity index (χ2n) is 4.18. The number of nitrogen functional groups attached to an aromatic ring is 1. The minimum atomic E-state index is -0.352. The number of benzene rings is 2. The lowest BCUT2D eigenvalue weighted by Gasteiger charge is -2.10. The fraction of sp³-hybridized carbons (Fsp3) is 0.0714. The van der Waals surface area contributed by atoms with Crippen molar-refractivity contribution in [1.82, 2.24) is 0 Å². The summed E-state index contributed by atoms with van der Waals surface area (Å²) in [6.07, 6.45) is 0. The Morgan fingerprint density at radius 3 is 2.74 bits per heavy atom. The Balaban J connectivity index is 2.30. The molecule has 0 bridgehead atoms. The van der Waals surface area contributed by atoms with Crippen LogP contribution in [0.2, 0.25) is 0 Å². The predicted molar refractivity (Wildman–Crippen MR) is 79.4 cm³/mol. The number of carbonyl (C=O) groups excluding carboxylic acids is 1. The van der Waals surface area contributed by atoms with Crippen LogP contribution in [0.1, 0.15) is 15.9 Å². The maximum Gasteiger partial charge on any atom is 0.257 e. The number of carbonyl (C=O) groups is 1. The molecular weight excluding hydrogens is 308 g/mol. The number of phenolic OH excluding ortho intramolecular Hbond substituents is 1. The SMILES string of the molecule is Cc1ccc(Br)cc1NC(=O)c1cc(O)ccc1N. The average Bonchev–Trinajstić information content (AvgIpc) is 2.36. The Hall–Kier alpha value is -2.01. The molecule has 2 aromatic rings. The maximum absolute atomic E-state index is 12.1. The Morgan fingerprint density at radius 1 is 1.26 bits per heavy atom. The van der Waals surface area contributed by atoms with Crippen LogP contribution >= 0.6 is 15.9 Å². The molecule has 5 heteroatoms. The van der Waals surface area contributed by atoms with Gasteiger partial charge in [-0.25, -0.2) is 0 Å². The van der Waals surface area contributed by atoms with Gasteiger partial charge in [0.15, 0.2) is 0 Å². The van der Waals surface area contributed by atoms with Gasteiger partial charge >= 0.3 is 0 Å². The van der Waals surface area contributed by atoms with Crippen molar-refractivity contribution >= 4 is 33.2 Å². The molecule has 0 spiro atoms. The molecule has 2 aromatic carbocycles. The van der Waals surface area contributed by atoms with Crippen LogP contribution < -0.4 is 11.1 Å². The fourth-order valence-electron chi connectivity index (χ4n) is 1.66. The molecule has 0 aliphatic rings. The number of nitrogens with two attached hydrogens (primary N) is 1. The molecule has 0 radical (unpaired) electrons. The zero-order chi connectivity index (χ0) is 14.0. The summed E-state index contributed by atoms with van der Waals surface area (Å²) in [5, 5.41) is 12.2. The number of aryl methyl sites for hydroxylation is 1. The molecule has 0 aliphatic heterocycles. The summed E-state index contributed by atoms with van der Waals surface area (Å²) in [6, 6.07) is 9.89. The third-order valence-corrected chi connectivity index (χ3v) is 3.22. The smallest absolute Gasteiger partial charge is 0.257 e. The van der Waals surface area contributed by atoms with E-state index in [1.54, 1.807) is 0 Å². The summed E-state index contributed by atoms with van der Waals surface area (Å²) in [7, 11) is 0. The van der Waals surface area contributed by atoms with E-state index in [1.165, 1.54) is 18.2 Å². The van der Waals surface area contributed by atoms with Crippen molar-refractivity contribution in [3.8, 4) is 5.75 Å². The highest BCUT2D eigenvalue weighted by Crippen LogP contribution is 2.23. The van der Waals surface area contributed by atoms with Gasteiger partial charge in [-0.3, -0.25) is 4.79 Å². The molecular formula is C14H13BrN2O2. The van der Waals surface area contributed by atoms with Gasteiger partial charge in [-0.15, -0.1) is 0 Å². The molecule has 2 rings (SSSR count). The molecule has 1 amide bonds. The second kappa shape index (κ2) is 5.32. The molecule has 0 atom stereocenters. The number of halogens is 1. The Bertz CT molecular complexity index is 641. The van der Waals surface area contributed by atoms with Gasteiger partial charge in [0, 0.05) is 15.8 Å². The van der Waals surface area contributed by atoms with Crippen molar-refractivity contribution in [2.24, 2.45) is 0 Å². The van der Waals surface area contributed by atoms with E-state index in [2.05, 4.69) is 21.2 Å². The van der Waals surface area contributed by atoms with Crippen molar-refractivity contribution in [2.75, 3.05) is 11.1 Å². The molecule has 4 N–H and O–H groups in total. The number of rotatable bonds is 2. The van der Waals surface area contributed by atoms with E-state index in [0.29, 0.717) is 11.4 Å². The number of nitrogens with one attached hydrogen (secondary N) is 1.